The van der Waals surface area contributed by atoms with E-state index in [9.17, 15) is 0 Å². The summed E-state index contributed by atoms with van der Waals surface area (Å²) in [5.41, 5.74) is 3.30. The minimum absolute atomic E-state index is 0. The van der Waals surface area contributed by atoms with E-state index in [2.05, 4.69) is 74.3 Å². The van der Waals surface area contributed by atoms with Crippen LogP contribution in [0.4, 0.5) is 0 Å². The van der Waals surface area contributed by atoms with Crippen LogP contribution in [0.5, 0.6) is 5.75 Å². The van der Waals surface area contributed by atoms with Crippen LogP contribution in [0.25, 0.3) is 11.4 Å². The van der Waals surface area contributed by atoms with Gasteiger partial charge in [0, 0.05) is 0 Å². The van der Waals surface area contributed by atoms with E-state index in [-0.39, 0.29) is 48.1 Å². The Labute approximate surface area is 174 Å². The molecular weight excluding hydrogens is 406 g/mol. The fourth-order valence-corrected chi connectivity index (χ4v) is 2.52. The Balaban J connectivity index is 0. The topological polar surface area (TPSA) is 63.7 Å². The van der Waals surface area contributed by atoms with Crippen molar-refractivity contribution < 1.29 is 61.4 Å². The summed E-state index contributed by atoms with van der Waals surface area (Å²) in [5.74, 6) is 1.46. The summed E-state index contributed by atoms with van der Waals surface area (Å²) in [6.45, 7) is 13.1. The first-order valence-electron chi connectivity index (χ1n) is 6.91. The van der Waals surface area contributed by atoms with Gasteiger partial charge in [-0.2, -0.15) is 0 Å². The van der Waals surface area contributed by atoms with Gasteiger partial charge in [0.25, 0.3) is 0 Å². The van der Waals surface area contributed by atoms with Crippen LogP contribution in [0.1, 0.15) is 52.7 Å². The fourth-order valence-electron chi connectivity index (χ4n) is 2.18. The molecule has 5 nitrogen and oxygen atoms in total. The first-order valence-corrected chi connectivity index (χ1v) is 7.55. The van der Waals surface area contributed by atoms with E-state index in [0.717, 1.165) is 16.9 Å². The molecule has 0 aliphatic carbocycles. The molecule has 0 saturated heterocycles. The van der Waals surface area contributed by atoms with Gasteiger partial charge in [0.15, 0.2) is 0 Å². The van der Waals surface area contributed by atoms with Crippen LogP contribution in [-0.4, -0.2) is 20.6 Å². The van der Waals surface area contributed by atoms with Crippen molar-refractivity contribution in [2.45, 2.75) is 52.4 Å². The summed E-state index contributed by atoms with van der Waals surface area (Å²) in [6.07, 6.45) is 0. The molecule has 0 amide bonds. The molecule has 0 bridgehead atoms. The van der Waals surface area contributed by atoms with Gasteiger partial charge >= 0.3 is 138 Å². The summed E-state index contributed by atoms with van der Waals surface area (Å²) in [5, 5.41) is 14.2. The molecule has 132 valence electrons. The minimum Gasteiger partial charge on any atom is -1.00 e. The number of benzene rings is 1. The zero-order chi connectivity index (χ0) is 15.8. The molecule has 0 atom stereocenters. The van der Waals surface area contributed by atoms with E-state index in [4.69, 9.17) is 3.32 Å². The zero-order valence-corrected chi connectivity index (χ0v) is 18.4. The van der Waals surface area contributed by atoms with Crippen LogP contribution in [-0.2, 0) is 31.7 Å². The number of H-pyrrole nitrogens is 1. The second kappa shape index (κ2) is 9.39. The summed E-state index contributed by atoms with van der Waals surface area (Å²) < 4.78 is 5.68. The largest absolute Gasteiger partial charge is 1.00 e. The van der Waals surface area contributed by atoms with Crippen molar-refractivity contribution in [2.24, 2.45) is 0 Å². The van der Waals surface area contributed by atoms with Gasteiger partial charge in [-0.15, -0.1) is 0 Å². The van der Waals surface area contributed by atoms with Crippen LogP contribution in [0.3, 0.4) is 0 Å². The van der Waals surface area contributed by atoms with Crippen molar-refractivity contribution >= 4 is 0 Å². The third-order valence-electron chi connectivity index (χ3n) is 3.47. The molecule has 24 heavy (non-hydrogen) atoms. The number of aromatic amines is 1. The Morgan fingerprint density at radius 3 is 1.92 bits per heavy atom. The van der Waals surface area contributed by atoms with Crippen LogP contribution < -0.4 is 40.5 Å². The van der Waals surface area contributed by atoms with E-state index in [1.807, 2.05) is 0 Å². The number of tetrazole rings is 1. The number of aromatic nitrogens is 4. The van der Waals surface area contributed by atoms with Crippen molar-refractivity contribution in [3.8, 4) is 17.1 Å². The molecule has 9 heteroatoms. The summed E-state index contributed by atoms with van der Waals surface area (Å²) in [6, 6.07) is 4.34. The van der Waals surface area contributed by atoms with E-state index in [0.29, 0.717) is 5.82 Å². The number of halogens is 3. The Morgan fingerprint density at radius 2 is 1.54 bits per heavy atom. The number of hydrogen-bond acceptors (Lipinski definition) is 4. The first-order chi connectivity index (χ1) is 9.64. The van der Waals surface area contributed by atoms with Crippen LogP contribution in [0.2, 0.25) is 0 Å². The van der Waals surface area contributed by atoms with Gasteiger partial charge in [-0.25, -0.2) is 0 Å². The fraction of sp³-hybridized carbons (Fsp3) is 0.533. The molecule has 0 aliphatic rings. The van der Waals surface area contributed by atoms with Gasteiger partial charge in [0.05, 0.1) is 0 Å². The van der Waals surface area contributed by atoms with Gasteiger partial charge < -0.3 is 37.2 Å². The quantitative estimate of drug-likeness (QED) is 0.486. The third-order valence-corrected chi connectivity index (χ3v) is 3.78. The Morgan fingerprint density at radius 1 is 0.958 bits per heavy atom. The van der Waals surface area contributed by atoms with E-state index >= 15 is 0 Å². The smallest absolute Gasteiger partial charge is 1.00 e. The predicted octanol–water partition coefficient (Wildman–Crippen LogP) is -5.69. The molecule has 0 radical (unpaired) electrons. The average Bonchev–Trinajstić information content (AvgIpc) is 2.88. The van der Waals surface area contributed by atoms with E-state index < -0.39 is 0 Å². The molecule has 1 N–H and O–H groups in total. The molecule has 1 aromatic carbocycles. The van der Waals surface area contributed by atoms with Gasteiger partial charge in [-0.1, -0.05) is 0 Å². The van der Waals surface area contributed by atoms with E-state index in [1.54, 1.807) is 20.8 Å². The Hall–Kier alpha value is -0.326. The van der Waals surface area contributed by atoms with Crippen molar-refractivity contribution in [1.29, 1.82) is 0 Å². The van der Waals surface area contributed by atoms with Crippen LogP contribution >= 0.6 is 0 Å². The number of nitrogens with zero attached hydrogens (tertiary/aromatic N) is 3. The predicted molar refractivity (Wildman–Crippen MR) is 77.6 cm³/mol. The second-order valence-electron chi connectivity index (χ2n) is 7.25. The number of nitrogens with one attached hydrogen (secondary N) is 1. The minimum atomic E-state index is -0.0329. The molecule has 0 unspecified atom stereocenters. The molecule has 0 fully saturated rings. The van der Waals surface area contributed by atoms with Gasteiger partial charge in [-0.3, -0.25) is 0 Å². The summed E-state index contributed by atoms with van der Waals surface area (Å²) in [7, 11) is 0. The molecular formula is C15H21Cl3N4OTi. The summed E-state index contributed by atoms with van der Waals surface area (Å²) in [4.78, 5) is 0. The van der Waals surface area contributed by atoms with Crippen molar-refractivity contribution in [3.05, 3.63) is 23.3 Å². The molecule has 1 aromatic heterocycles. The molecule has 2 rings (SSSR count). The Bertz CT molecular complexity index is 637. The monoisotopic (exact) mass is 426 g/mol. The number of rotatable bonds is 2. The Kier molecular flexibility index (Phi) is 10.1. The molecule has 0 saturated carbocycles. The standard InChI is InChI=1S/C15H22N4O.3ClH.Ti/c1-14(2,3)9-7-10(13-16-18-19-17-13)12(20)11(8-9)15(4,5)6;;;;/h7-8,20H,1-6H3,(H,16,17,18,19);3*1H;/q;;;;+4/p-4. The van der Waals surface area contributed by atoms with Gasteiger partial charge in [-0.05, 0) is 0 Å². The maximum atomic E-state index is 5.68. The van der Waals surface area contributed by atoms with E-state index in [1.165, 1.54) is 5.56 Å². The zero-order valence-electron chi connectivity index (χ0n) is 14.5. The molecule has 2 aromatic rings. The normalized spacial score (nSPS) is 11.0. The van der Waals surface area contributed by atoms with Crippen LogP contribution in [0.15, 0.2) is 12.1 Å². The van der Waals surface area contributed by atoms with Gasteiger partial charge in [0.1, 0.15) is 0 Å². The van der Waals surface area contributed by atoms with Crippen molar-refractivity contribution in [1.82, 2.24) is 20.6 Å². The third kappa shape index (κ3) is 5.60. The van der Waals surface area contributed by atoms with Gasteiger partial charge in [0.2, 0.25) is 0 Å². The number of hydrogen-bond donors (Lipinski definition) is 1. The molecule has 0 aliphatic heterocycles. The summed E-state index contributed by atoms with van der Waals surface area (Å²) >= 11 is 1.69. The van der Waals surface area contributed by atoms with Crippen molar-refractivity contribution in [2.75, 3.05) is 0 Å². The SMILES string of the molecule is CC(C)(C)c1cc(-c2nnn[nH]2)c([O][Ti+3])c(C(C)(C)C)c1.[Cl-].[Cl-].[Cl-]. The first kappa shape index (κ1) is 25.9. The average molecular weight is 428 g/mol. The molecule has 0 spiro atoms. The van der Waals surface area contributed by atoms with Crippen molar-refractivity contribution in [3.63, 3.8) is 0 Å². The maximum Gasteiger partial charge on any atom is -1.00 e. The van der Waals surface area contributed by atoms with Crippen LogP contribution in [0, 0.1) is 0 Å². The maximum absolute atomic E-state index is 5.68. The molecule has 1 heterocycles. The second-order valence-corrected chi connectivity index (χ2v) is 7.57.